The Kier molecular flexibility index (Phi) is 5.01. The van der Waals surface area contributed by atoms with Crippen molar-refractivity contribution in [2.24, 2.45) is 0 Å². The van der Waals surface area contributed by atoms with Crippen LogP contribution in [0.25, 0.3) is 5.69 Å². The first-order valence-corrected chi connectivity index (χ1v) is 8.14. The zero-order valence-corrected chi connectivity index (χ0v) is 14.2. The van der Waals surface area contributed by atoms with E-state index in [1.54, 1.807) is 18.6 Å². The number of hydrogen-bond acceptors (Lipinski definition) is 2. The molecule has 1 aromatic heterocycles. The van der Waals surface area contributed by atoms with Crippen LogP contribution in [-0.4, -0.2) is 9.55 Å². The topological polar surface area (TPSA) is 29.9 Å². The van der Waals surface area contributed by atoms with Gasteiger partial charge in [-0.3, -0.25) is 0 Å². The summed E-state index contributed by atoms with van der Waals surface area (Å²) in [5.41, 5.74) is 3.36. The van der Waals surface area contributed by atoms with Gasteiger partial charge in [0, 0.05) is 40.7 Å². The SMILES string of the molecule is C[C@@H](NCc1ccc(Cl)cc1Cl)c1ccc(-n2ccnc2)cc1. The molecule has 0 fully saturated rings. The molecular formula is C18H17Cl2N3. The molecule has 0 saturated heterocycles. The van der Waals surface area contributed by atoms with Gasteiger partial charge >= 0.3 is 0 Å². The van der Waals surface area contributed by atoms with E-state index in [2.05, 4.69) is 41.5 Å². The van der Waals surface area contributed by atoms with E-state index in [9.17, 15) is 0 Å². The van der Waals surface area contributed by atoms with E-state index in [1.165, 1.54) is 5.56 Å². The molecule has 0 spiro atoms. The van der Waals surface area contributed by atoms with E-state index >= 15 is 0 Å². The first-order valence-electron chi connectivity index (χ1n) is 7.39. The molecule has 2 aromatic carbocycles. The number of halogens is 2. The standard InChI is InChI=1S/C18H17Cl2N3/c1-13(22-11-15-2-5-16(19)10-18(15)20)14-3-6-17(7-4-14)23-9-8-21-12-23/h2-10,12-13,22H,11H2,1H3/t13-/m1/s1. The molecule has 0 amide bonds. The highest BCUT2D eigenvalue weighted by Crippen LogP contribution is 2.22. The minimum atomic E-state index is 0.221. The lowest BCUT2D eigenvalue weighted by Gasteiger charge is -2.16. The van der Waals surface area contributed by atoms with E-state index in [1.807, 2.05) is 22.9 Å². The third kappa shape index (κ3) is 3.94. The van der Waals surface area contributed by atoms with E-state index < -0.39 is 0 Å². The predicted molar refractivity (Wildman–Crippen MR) is 95.3 cm³/mol. The summed E-state index contributed by atoms with van der Waals surface area (Å²) < 4.78 is 1.98. The van der Waals surface area contributed by atoms with Crippen LogP contribution in [0.1, 0.15) is 24.1 Å². The second-order valence-corrected chi connectivity index (χ2v) is 6.24. The van der Waals surface area contributed by atoms with E-state index in [0.717, 1.165) is 11.3 Å². The Morgan fingerprint density at radius 3 is 2.57 bits per heavy atom. The van der Waals surface area contributed by atoms with Gasteiger partial charge in [-0.15, -0.1) is 0 Å². The smallest absolute Gasteiger partial charge is 0.0991 e. The number of aromatic nitrogens is 2. The number of imidazole rings is 1. The Balaban J connectivity index is 1.65. The fourth-order valence-corrected chi connectivity index (χ4v) is 2.87. The summed E-state index contributed by atoms with van der Waals surface area (Å²) in [6, 6.07) is 14.2. The number of nitrogens with zero attached hydrogens (tertiary/aromatic N) is 2. The fourth-order valence-electron chi connectivity index (χ4n) is 2.39. The van der Waals surface area contributed by atoms with Gasteiger partial charge in [0.2, 0.25) is 0 Å². The Morgan fingerprint density at radius 1 is 1.13 bits per heavy atom. The Hall–Kier alpha value is -1.81. The van der Waals surface area contributed by atoms with Crippen molar-refractivity contribution >= 4 is 23.2 Å². The highest BCUT2D eigenvalue weighted by Gasteiger charge is 2.07. The molecule has 1 atom stereocenters. The minimum Gasteiger partial charge on any atom is -0.306 e. The Bertz CT molecular complexity index is 767. The molecule has 0 unspecified atom stereocenters. The summed E-state index contributed by atoms with van der Waals surface area (Å²) in [7, 11) is 0. The zero-order valence-electron chi connectivity index (χ0n) is 12.7. The molecule has 0 aliphatic rings. The maximum atomic E-state index is 6.20. The maximum Gasteiger partial charge on any atom is 0.0991 e. The van der Waals surface area contributed by atoms with Crippen LogP contribution in [0.5, 0.6) is 0 Å². The summed E-state index contributed by atoms with van der Waals surface area (Å²) in [5, 5.41) is 4.83. The maximum absolute atomic E-state index is 6.20. The summed E-state index contributed by atoms with van der Waals surface area (Å²) in [6.45, 7) is 2.83. The van der Waals surface area contributed by atoms with Crippen LogP contribution < -0.4 is 5.32 Å². The van der Waals surface area contributed by atoms with Gasteiger partial charge in [0.1, 0.15) is 0 Å². The Morgan fingerprint density at radius 2 is 1.91 bits per heavy atom. The van der Waals surface area contributed by atoms with Crippen LogP contribution in [0.2, 0.25) is 10.0 Å². The number of benzene rings is 2. The number of rotatable bonds is 5. The lowest BCUT2D eigenvalue weighted by Crippen LogP contribution is -2.18. The average Bonchev–Trinajstić information content (AvgIpc) is 3.08. The van der Waals surface area contributed by atoms with Crippen molar-refractivity contribution < 1.29 is 0 Å². The summed E-state index contributed by atoms with van der Waals surface area (Å²) in [6.07, 6.45) is 5.49. The zero-order chi connectivity index (χ0) is 16.2. The number of hydrogen-bond donors (Lipinski definition) is 1. The highest BCUT2D eigenvalue weighted by atomic mass is 35.5. The van der Waals surface area contributed by atoms with Gasteiger partial charge in [-0.25, -0.2) is 4.98 Å². The average molecular weight is 346 g/mol. The van der Waals surface area contributed by atoms with Crippen LogP contribution in [0.15, 0.2) is 61.2 Å². The molecule has 1 N–H and O–H groups in total. The third-order valence-electron chi connectivity index (χ3n) is 3.81. The molecule has 5 heteroatoms. The normalized spacial score (nSPS) is 12.3. The van der Waals surface area contributed by atoms with Crippen molar-refractivity contribution in [1.82, 2.24) is 14.9 Å². The molecule has 3 aromatic rings. The van der Waals surface area contributed by atoms with Crippen molar-refractivity contribution in [2.75, 3.05) is 0 Å². The fraction of sp³-hybridized carbons (Fsp3) is 0.167. The van der Waals surface area contributed by atoms with Gasteiger partial charge in [-0.2, -0.15) is 0 Å². The van der Waals surface area contributed by atoms with Crippen molar-refractivity contribution in [3.05, 3.63) is 82.4 Å². The Labute approximate surface area is 145 Å². The van der Waals surface area contributed by atoms with E-state index in [4.69, 9.17) is 23.2 Å². The predicted octanol–water partition coefficient (Wildman–Crippen LogP) is 5.03. The lowest BCUT2D eigenvalue weighted by molar-refractivity contribution is 0.575. The largest absolute Gasteiger partial charge is 0.306 e. The second kappa shape index (κ2) is 7.18. The van der Waals surface area contributed by atoms with Gasteiger partial charge in [-0.1, -0.05) is 41.4 Å². The molecule has 3 nitrogen and oxygen atoms in total. The highest BCUT2D eigenvalue weighted by molar-refractivity contribution is 6.35. The van der Waals surface area contributed by atoms with Gasteiger partial charge in [0.25, 0.3) is 0 Å². The van der Waals surface area contributed by atoms with Crippen LogP contribution >= 0.6 is 23.2 Å². The van der Waals surface area contributed by atoms with Crippen LogP contribution in [0, 0.1) is 0 Å². The van der Waals surface area contributed by atoms with E-state index in [0.29, 0.717) is 16.6 Å². The lowest BCUT2D eigenvalue weighted by atomic mass is 10.1. The third-order valence-corrected chi connectivity index (χ3v) is 4.40. The quantitative estimate of drug-likeness (QED) is 0.702. The van der Waals surface area contributed by atoms with Gasteiger partial charge in [0.05, 0.1) is 6.33 Å². The molecule has 1 heterocycles. The van der Waals surface area contributed by atoms with Gasteiger partial charge in [0.15, 0.2) is 0 Å². The van der Waals surface area contributed by atoms with Crippen LogP contribution in [0.4, 0.5) is 0 Å². The molecule has 3 rings (SSSR count). The first-order chi connectivity index (χ1) is 11.1. The van der Waals surface area contributed by atoms with E-state index in [-0.39, 0.29) is 6.04 Å². The molecule has 0 aliphatic heterocycles. The van der Waals surface area contributed by atoms with Crippen molar-refractivity contribution in [3.8, 4) is 5.69 Å². The number of nitrogens with one attached hydrogen (secondary N) is 1. The molecular weight excluding hydrogens is 329 g/mol. The summed E-state index contributed by atoms with van der Waals surface area (Å²) >= 11 is 12.1. The molecule has 23 heavy (non-hydrogen) atoms. The van der Waals surface area contributed by atoms with Crippen molar-refractivity contribution in [2.45, 2.75) is 19.5 Å². The van der Waals surface area contributed by atoms with Gasteiger partial charge in [-0.05, 0) is 42.3 Å². The van der Waals surface area contributed by atoms with Crippen LogP contribution in [0.3, 0.4) is 0 Å². The summed E-state index contributed by atoms with van der Waals surface area (Å²) in [4.78, 5) is 4.06. The van der Waals surface area contributed by atoms with Crippen molar-refractivity contribution in [3.63, 3.8) is 0 Å². The first kappa shape index (κ1) is 16.1. The summed E-state index contributed by atoms with van der Waals surface area (Å²) in [5.74, 6) is 0. The van der Waals surface area contributed by atoms with Gasteiger partial charge < -0.3 is 9.88 Å². The monoisotopic (exact) mass is 345 g/mol. The minimum absolute atomic E-state index is 0.221. The second-order valence-electron chi connectivity index (χ2n) is 5.40. The molecule has 0 saturated carbocycles. The van der Waals surface area contributed by atoms with Crippen LogP contribution in [-0.2, 0) is 6.54 Å². The molecule has 0 radical (unpaired) electrons. The molecule has 0 aliphatic carbocycles. The molecule has 0 bridgehead atoms. The molecule has 118 valence electrons. The van der Waals surface area contributed by atoms with Crippen molar-refractivity contribution in [1.29, 1.82) is 0 Å².